The zero-order valence-electron chi connectivity index (χ0n) is 29.2. The van der Waals surface area contributed by atoms with Crippen molar-refractivity contribution in [3.05, 3.63) is 48.2 Å². The van der Waals surface area contributed by atoms with Crippen LogP contribution in [0.1, 0.15) is 96.9 Å². The van der Waals surface area contributed by atoms with E-state index in [4.69, 9.17) is 24.2 Å². The number of aryl methyl sites for hydroxylation is 1. The van der Waals surface area contributed by atoms with Gasteiger partial charge < -0.3 is 23.9 Å². The number of hydrogen-bond donors (Lipinski definition) is 0. The lowest BCUT2D eigenvalue weighted by Gasteiger charge is -2.34. The van der Waals surface area contributed by atoms with Gasteiger partial charge in [0.1, 0.15) is 36.5 Å². The Balaban J connectivity index is 1.33. The van der Waals surface area contributed by atoms with Crippen LogP contribution in [0.25, 0.3) is 11.0 Å². The third-order valence-corrected chi connectivity index (χ3v) is 10.6. The third kappa shape index (κ3) is 8.02. The molecule has 11 heteroatoms. The Kier molecular flexibility index (Phi) is 10.7. The van der Waals surface area contributed by atoms with Crippen molar-refractivity contribution in [1.82, 2.24) is 24.8 Å². The predicted octanol–water partition coefficient (Wildman–Crippen LogP) is 6.06. The monoisotopic (exact) mass is 671 g/mol. The number of nitrogens with zero attached hydrogens (tertiary/aromatic N) is 5. The summed E-state index contributed by atoms with van der Waals surface area (Å²) in [6.45, 7) is 8.38. The number of benzene rings is 1. The number of aldehydes is 1. The molecule has 2 aromatic heterocycles. The minimum absolute atomic E-state index is 0.0164. The highest BCUT2D eigenvalue weighted by Gasteiger charge is 2.48. The summed E-state index contributed by atoms with van der Waals surface area (Å²) < 4.78 is 18.8. The van der Waals surface area contributed by atoms with Gasteiger partial charge in [-0.25, -0.2) is 9.97 Å². The molecule has 6 atom stereocenters. The van der Waals surface area contributed by atoms with Crippen molar-refractivity contribution in [2.75, 3.05) is 6.54 Å². The number of carbonyl (C=O) groups is 3. The average molecular weight is 672 g/mol. The van der Waals surface area contributed by atoms with Crippen molar-refractivity contribution < 1.29 is 28.6 Å². The molecule has 1 saturated carbocycles. The predicted molar refractivity (Wildman–Crippen MR) is 183 cm³/mol. The Hall–Kier alpha value is -4.15. The van der Waals surface area contributed by atoms with Crippen molar-refractivity contribution >= 4 is 29.2 Å². The van der Waals surface area contributed by atoms with Gasteiger partial charge in [-0.1, -0.05) is 40.5 Å². The molecule has 1 aromatic carbocycles. The summed E-state index contributed by atoms with van der Waals surface area (Å²) in [4.78, 5) is 60.3. The van der Waals surface area contributed by atoms with Gasteiger partial charge in [-0.05, 0) is 68.4 Å². The number of ether oxygens (including phenoxy) is 3. The van der Waals surface area contributed by atoms with Gasteiger partial charge in [0.25, 0.3) is 0 Å². The first-order chi connectivity index (χ1) is 23.6. The molecule has 1 amide bonds. The molecular weight excluding hydrogens is 622 g/mol. The topological polar surface area (TPSA) is 134 Å². The van der Waals surface area contributed by atoms with E-state index in [0.29, 0.717) is 41.6 Å². The fourth-order valence-electron chi connectivity index (χ4n) is 7.76. The van der Waals surface area contributed by atoms with Crippen LogP contribution in [0.3, 0.4) is 0 Å². The van der Waals surface area contributed by atoms with Crippen LogP contribution < -0.4 is 9.47 Å². The van der Waals surface area contributed by atoms with Gasteiger partial charge in [0.15, 0.2) is 0 Å². The molecule has 262 valence electrons. The number of rotatable bonds is 5. The average Bonchev–Trinajstić information content (AvgIpc) is 3.68. The summed E-state index contributed by atoms with van der Waals surface area (Å²) in [7, 11) is 0. The smallest absolute Gasteiger partial charge is 0.306 e. The van der Waals surface area contributed by atoms with Gasteiger partial charge >= 0.3 is 5.97 Å². The highest BCUT2D eigenvalue weighted by molar-refractivity contribution is 5.87. The minimum Gasteiger partial charge on any atom is -0.487 e. The second kappa shape index (κ2) is 15.2. The zero-order valence-corrected chi connectivity index (χ0v) is 29.2. The van der Waals surface area contributed by atoms with Gasteiger partial charge in [-0.15, -0.1) is 0 Å². The Morgan fingerprint density at radius 2 is 1.82 bits per heavy atom. The molecule has 49 heavy (non-hydrogen) atoms. The zero-order chi connectivity index (χ0) is 34.5. The molecule has 2 fully saturated rings. The molecule has 0 radical (unpaired) electrons. The maximum atomic E-state index is 14.3. The number of carbonyl (C=O) groups excluding carboxylic acids is 3. The lowest BCUT2D eigenvalue weighted by atomic mass is 9.77. The number of fused-ring (bicyclic) bond motifs is 5. The van der Waals surface area contributed by atoms with Crippen molar-refractivity contribution in [3.63, 3.8) is 0 Å². The van der Waals surface area contributed by atoms with Crippen LogP contribution in [0, 0.1) is 23.2 Å². The Morgan fingerprint density at radius 3 is 2.57 bits per heavy atom. The van der Waals surface area contributed by atoms with Crippen LogP contribution >= 0.6 is 0 Å². The van der Waals surface area contributed by atoms with Crippen molar-refractivity contribution in [3.8, 4) is 11.6 Å². The number of amides is 1. The van der Waals surface area contributed by atoms with E-state index in [1.165, 1.54) is 0 Å². The second-order valence-corrected chi connectivity index (χ2v) is 14.9. The number of esters is 1. The summed E-state index contributed by atoms with van der Waals surface area (Å²) in [5, 5.41) is 0. The standard InChI is InChI=1S/C38H49N5O6/c1-5-27-32(22-44)43-21-34(27)49-36-30(41-29-15-14-26(18-31(29)42-36)47-23-25-20-39-16-17-40-25)12-8-6-7-10-24-11-9-13-33(24)48-35(45)19-28(37(43)46)38(2,3)4/h14-18,20,22,24,27-28,32-34H,5-13,19,21,23H2,1-4H3/t24-,27+,28-,32-,33-,34+/m1/s1. The van der Waals surface area contributed by atoms with E-state index >= 15 is 0 Å². The first-order valence-electron chi connectivity index (χ1n) is 17.9. The largest absolute Gasteiger partial charge is 0.487 e. The summed E-state index contributed by atoms with van der Waals surface area (Å²) in [5.74, 6) is -0.0610. The van der Waals surface area contributed by atoms with Gasteiger partial charge in [0.05, 0.1) is 47.8 Å². The van der Waals surface area contributed by atoms with E-state index in [1.54, 1.807) is 23.5 Å². The van der Waals surface area contributed by atoms with Gasteiger partial charge in [-0.3, -0.25) is 19.6 Å². The number of hydrogen-bond acceptors (Lipinski definition) is 10. The minimum atomic E-state index is -0.678. The van der Waals surface area contributed by atoms with E-state index in [9.17, 15) is 14.4 Å². The van der Waals surface area contributed by atoms with E-state index < -0.39 is 23.5 Å². The van der Waals surface area contributed by atoms with Gasteiger partial charge in [0, 0.05) is 24.4 Å². The molecule has 0 unspecified atom stereocenters. The van der Waals surface area contributed by atoms with Gasteiger partial charge in [0.2, 0.25) is 11.8 Å². The molecule has 0 spiro atoms. The van der Waals surface area contributed by atoms with Crippen LogP contribution in [0.5, 0.6) is 11.6 Å². The molecule has 2 bridgehead atoms. The normalized spacial score (nSPS) is 27.0. The van der Waals surface area contributed by atoms with E-state index in [0.717, 1.165) is 62.4 Å². The van der Waals surface area contributed by atoms with E-state index in [2.05, 4.69) is 9.97 Å². The highest BCUT2D eigenvalue weighted by atomic mass is 16.5. The Morgan fingerprint density at radius 1 is 0.980 bits per heavy atom. The maximum absolute atomic E-state index is 14.3. The number of aromatic nitrogens is 4. The quantitative estimate of drug-likeness (QED) is 0.233. The molecule has 11 nitrogen and oxygen atoms in total. The van der Waals surface area contributed by atoms with Crippen molar-refractivity contribution in [2.45, 2.75) is 117 Å². The maximum Gasteiger partial charge on any atom is 0.306 e. The fourth-order valence-corrected chi connectivity index (χ4v) is 7.76. The van der Waals surface area contributed by atoms with Crippen LogP contribution in [0.4, 0.5) is 0 Å². The summed E-state index contributed by atoms with van der Waals surface area (Å²) >= 11 is 0. The van der Waals surface area contributed by atoms with Crippen LogP contribution in [-0.2, 0) is 32.1 Å². The van der Waals surface area contributed by atoms with Gasteiger partial charge in [-0.2, -0.15) is 0 Å². The molecule has 3 aliphatic rings. The third-order valence-electron chi connectivity index (χ3n) is 10.6. The first kappa shape index (κ1) is 34.7. The summed E-state index contributed by atoms with van der Waals surface area (Å²) in [6, 6.07) is 4.94. The molecule has 2 aliphatic heterocycles. The Bertz CT molecular complexity index is 1630. The first-order valence-corrected chi connectivity index (χ1v) is 17.9. The SMILES string of the molecule is CC[C@@H]1[C@@H]2CN(C(=O)[C@H](C(C)(C)C)CC(=O)O[C@@H]3CCC[C@H]3CCCCCc3nc4ccc(OCc5cnccn5)cc4nc3O2)[C@@H]1C=O. The second-order valence-electron chi connectivity index (χ2n) is 14.9. The molecule has 1 saturated heterocycles. The molecule has 6 rings (SSSR count). The van der Waals surface area contributed by atoms with Crippen molar-refractivity contribution in [2.24, 2.45) is 23.2 Å². The molecule has 4 heterocycles. The van der Waals surface area contributed by atoms with Crippen LogP contribution in [0.15, 0.2) is 36.8 Å². The fraction of sp³-hybridized carbons (Fsp3) is 0.605. The molecule has 3 aromatic rings. The van der Waals surface area contributed by atoms with Crippen LogP contribution in [0.2, 0.25) is 0 Å². The molecule has 1 aliphatic carbocycles. The molecule has 0 N–H and O–H groups in total. The van der Waals surface area contributed by atoms with Crippen LogP contribution in [-0.4, -0.2) is 67.8 Å². The lowest BCUT2D eigenvalue weighted by Crippen LogP contribution is -2.46. The van der Waals surface area contributed by atoms with E-state index in [-0.39, 0.29) is 43.5 Å². The lowest BCUT2D eigenvalue weighted by molar-refractivity contribution is -0.157. The highest BCUT2D eigenvalue weighted by Crippen LogP contribution is 2.39. The Labute approximate surface area is 288 Å². The van der Waals surface area contributed by atoms with Crippen molar-refractivity contribution in [1.29, 1.82) is 0 Å². The summed E-state index contributed by atoms with van der Waals surface area (Å²) in [5.41, 5.74) is 2.32. The van der Waals surface area contributed by atoms with E-state index in [1.807, 2.05) is 45.9 Å². The molecular formula is C38H49N5O6. The summed E-state index contributed by atoms with van der Waals surface area (Å²) in [6.07, 6.45) is 13.4.